The molecule has 0 aliphatic rings. The van der Waals surface area contributed by atoms with E-state index < -0.39 is 0 Å². The fourth-order valence-corrected chi connectivity index (χ4v) is 3.26. The van der Waals surface area contributed by atoms with Crippen LogP contribution in [0.15, 0.2) is 79.1 Å². The predicted octanol–water partition coefficient (Wildman–Crippen LogP) is 3.89. The summed E-state index contributed by atoms with van der Waals surface area (Å²) in [5.74, 6) is -0.135. The van der Waals surface area contributed by atoms with Crippen LogP contribution in [0, 0.1) is 11.3 Å². The number of nitriles is 1. The zero-order valence-electron chi connectivity index (χ0n) is 15.2. The molecule has 0 atom stereocenters. The summed E-state index contributed by atoms with van der Waals surface area (Å²) in [5, 5.41) is 13.1. The number of carbonyl (C=O) groups excluding carboxylic acids is 1. The summed E-state index contributed by atoms with van der Waals surface area (Å²) in [6, 6.07) is 23.2. The maximum atomic E-state index is 12.9. The van der Waals surface area contributed by atoms with Crippen molar-refractivity contribution in [3.05, 3.63) is 102 Å². The lowest BCUT2D eigenvalue weighted by Crippen LogP contribution is -2.25. The Morgan fingerprint density at radius 2 is 1.82 bits per heavy atom. The molecule has 0 saturated heterocycles. The van der Waals surface area contributed by atoms with Gasteiger partial charge in [0.1, 0.15) is 5.69 Å². The summed E-state index contributed by atoms with van der Waals surface area (Å²) >= 11 is 0. The zero-order chi connectivity index (χ0) is 19.3. The topological polar surface area (TPSA) is 70.7 Å². The molecule has 0 spiro atoms. The molecule has 0 bridgehead atoms. The van der Waals surface area contributed by atoms with Crippen LogP contribution in [0.4, 0.5) is 0 Å². The molecule has 2 heterocycles. The maximum Gasteiger partial charge on any atom is 0.268 e. The Hall–Kier alpha value is -3.91. The third-order valence-electron chi connectivity index (χ3n) is 4.64. The van der Waals surface area contributed by atoms with Crippen LogP contribution in [0.25, 0.3) is 10.9 Å². The Labute approximate surface area is 162 Å². The van der Waals surface area contributed by atoms with E-state index in [1.165, 1.54) is 0 Å². The van der Waals surface area contributed by atoms with Gasteiger partial charge in [0.25, 0.3) is 5.91 Å². The van der Waals surface area contributed by atoms with Crippen molar-refractivity contribution in [1.29, 1.82) is 5.26 Å². The first kappa shape index (κ1) is 17.5. The van der Waals surface area contributed by atoms with Gasteiger partial charge in [-0.05, 0) is 47.5 Å². The van der Waals surface area contributed by atoms with Gasteiger partial charge in [0.2, 0.25) is 0 Å². The minimum atomic E-state index is -0.135. The first-order valence-electron chi connectivity index (χ1n) is 8.99. The first-order chi connectivity index (χ1) is 13.7. The van der Waals surface area contributed by atoms with Crippen LogP contribution in [0.2, 0.25) is 0 Å². The van der Waals surface area contributed by atoms with E-state index >= 15 is 0 Å². The Balaban J connectivity index is 1.66. The van der Waals surface area contributed by atoms with Gasteiger partial charge >= 0.3 is 0 Å². The summed E-state index contributed by atoms with van der Waals surface area (Å²) in [6.45, 7) is 0.952. The molecule has 0 radical (unpaired) electrons. The number of para-hydroxylation sites is 1. The van der Waals surface area contributed by atoms with Gasteiger partial charge in [-0.3, -0.25) is 9.78 Å². The number of amides is 1. The standard InChI is InChI=1S/C23H18N4O/c24-14-18-4-3-5-19(12-18)16-27-21-7-2-1-6-20(21)13-22(27)23(28)26-15-17-8-10-25-11-9-17/h1-13H,15-16H2,(H,26,28). The first-order valence-corrected chi connectivity index (χ1v) is 8.99. The summed E-state index contributed by atoms with van der Waals surface area (Å²) in [6.07, 6.45) is 3.42. The number of benzene rings is 2. The van der Waals surface area contributed by atoms with Crippen molar-refractivity contribution in [3.8, 4) is 6.07 Å². The molecule has 0 fully saturated rings. The quantitative estimate of drug-likeness (QED) is 0.582. The molecule has 1 N–H and O–H groups in total. The molecule has 4 rings (SSSR count). The highest BCUT2D eigenvalue weighted by Gasteiger charge is 2.15. The van der Waals surface area contributed by atoms with Crippen molar-refractivity contribution in [2.24, 2.45) is 0 Å². The van der Waals surface area contributed by atoms with Crippen molar-refractivity contribution in [3.63, 3.8) is 0 Å². The smallest absolute Gasteiger partial charge is 0.268 e. The molecule has 0 aliphatic carbocycles. The summed E-state index contributed by atoms with van der Waals surface area (Å²) in [4.78, 5) is 16.9. The molecule has 1 amide bonds. The minimum absolute atomic E-state index is 0.135. The SMILES string of the molecule is N#Cc1cccc(Cn2c(C(=O)NCc3ccncc3)cc3ccccc32)c1. The van der Waals surface area contributed by atoms with Crippen LogP contribution >= 0.6 is 0 Å². The zero-order valence-corrected chi connectivity index (χ0v) is 15.2. The number of rotatable bonds is 5. The highest BCUT2D eigenvalue weighted by atomic mass is 16.1. The lowest BCUT2D eigenvalue weighted by molar-refractivity contribution is 0.0942. The monoisotopic (exact) mass is 366 g/mol. The molecule has 0 unspecified atom stereocenters. The van der Waals surface area contributed by atoms with Gasteiger partial charge in [-0.25, -0.2) is 0 Å². The number of carbonyl (C=O) groups is 1. The minimum Gasteiger partial charge on any atom is -0.347 e. The van der Waals surface area contributed by atoms with Gasteiger partial charge in [-0.15, -0.1) is 0 Å². The van der Waals surface area contributed by atoms with E-state index in [1.807, 2.05) is 65.2 Å². The van der Waals surface area contributed by atoms with Crippen LogP contribution in [0.5, 0.6) is 0 Å². The van der Waals surface area contributed by atoms with Gasteiger partial charge < -0.3 is 9.88 Å². The Bertz CT molecular complexity index is 1170. The van der Waals surface area contributed by atoms with Crippen molar-refractivity contribution >= 4 is 16.8 Å². The second kappa shape index (κ2) is 7.77. The number of hydrogen-bond donors (Lipinski definition) is 1. The van der Waals surface area contributed by atoms with Crippen molar-refractivity contribution < 1.29 is 4.79 Å². The predicted molar refractivity (Wildman–Crippen MR) is 108 cm³/mol. The van der Waals surface area contributed by atoms with Crippen molar-refractivity contribution in [2.75, 3.05) is 0 Å². The Morgan fingerprint density at radius 1 is 1.00 bits per heavy atom. The van der Waals surface area contributed by atoms with E-state index in [0.717, 1.165) is 22.0 Å². The van der Waals surface area contributed by atoms with Gasteiger partial charge in [-0.2, -0.15) is 5.26 Å². The average Bonchev–Trinajstić information content (AvgIpc) is 3.11. The third-order valence-corrected chi connectivity index (χ3v) is 4.64. The molecule has 28 heavy (non-hydrogen) atoms. The molecule has 0 aliphatic heterocycles. The molecule has 4 aromatic rings. The average molecular weight is 366 g/mol. The molecule has 136 valence electrons. The van der Waals surface area contributed by atoms with Crippen LogP contribution in [-0.2, 0) is 13.1 Å². The van der Waals surface area contributed by atoms with Crippen LogP contribution in [-0.4, -0.2) is 15.5 Å². The van der Waals surface area contributed by atoms with Gasteiger partial charge in [-0.1, -0.05) is 30.3 Å². The Kier molecular flexibility index (Phi) is 4.85. The van der Waals surface area contributed by atoms with Crippen LogP contribution < -0.4 is 5.32 Å². The van der Waals surface area contributed by atoms with Gasteiger partial charge in [0, 0.05) is 36.4 Å². The fourth-order valence-electron chi connectivity index (χ4n) is 3.26. The van der Waals surface area contributed by atoms with E-state index in [2.05, 4.69) is 16.4 Å². The van der Waals surface area contributed by atoms with E-state index in [0.29, 0.717) is 24.3 Å². The van der Waals surface area contributed by atoms with Crippen molar-refractivity contribution in [1.82, 2.24) is 14.9 Å². The second-order valence-electron chi connectivity index (χ2n) is 6.52. The summed E-state index contributed by atoms with van der Waals surface area (Å²) < 4.78 is 1.99. The van der Waals surface area contributed by atoms with E-state index in [-0.39, 0.29) is 5.91 Å². The molecular weight excluding hydrogens is 348 g/mol. The number of hydrogen-bond acceptors (Lipinski definition) is 3. The highest BCUT2D eigenvalue weighted by Crippen LogP contribution is 2.22. The van der Waals surface area contributed by atoms with E-state index in [1.54, 1.807) is 18.5 Å². The van der Waals surface area contributed by atoms with E-state index in [4.69, 9.17) is 5.26 Å². The fraction of sp³-hybridized carbons (Fsp3) is 0.0870. The molecule has 2 aromatic heterocycles. The lowest BCUT2D eigenvalue weighted by Gasteiger charge is -2.12. The number of nitrogens with zero attached hydrogens (tertiary/aromatic N) is 3. The maximum absolute atomic E-state index is 12.9. The van der Waals surface area contributed by atoms with E-state index in [9.17, 15) is 4.79 Å². The number of fused-ring (bicyclic) bond motifs is 1. The number of pyridine rings is 1. The van der Waals surface area contributed by atoms with Crippen LogP contribution in [0.3, 0.4) is 0 Å². The van der Waals surface area contributed by atoms with Gasteiger partial charge in [0.15, 0.2) is 0 Å². The van der Waals surface area contributed by atoms with Crippen molar-refractivity contribution in [2.45, 2.75) is 13.1 Å². The molecule has 5 nitrogen and oxygen atoms in total. The highest BCUT2D eigenvalue weighted by molar-refractivity contribution is 5.98. The summed E-state index contributed by atoms with van der Waals surface area (Å²) in [7, 11) is 0. The third kappa shape index (κ3) is 3.62. The largest absolute Gasteiger partial charge is 0.347 e. The second-order valence-corrected chi connectivity index (χ2v) is 6.52. The number of nitrogens with one attached hydrogen (secondary N) is 1. The Morgan fingerprint density at radius 3 is 2.64 bits per heavy atom. The molecule has 0 saturated carbocycles. The lowest BCUT2D eigenvalue weighted by atomic mass is 10.1. The van der Waals surface area contributed by atoms with Gasteiger partial charge in [0.05, 0.1) is 11.6 Å². The summed E-state index contributed by atoms with van der Waals surface area (Å²) in [5.41, 5.74) is 4.16. The number of aromatic nitrogens is 2. The molecule has 5 heteroatoms. The molecular formula is C23H18N4O. The molecule has 2 aromatic carbocycles. The van der Waals surface area contributed by atoms with Crippen LogP contribution in [0.1, 0.15) is 27.2 Å². The normalized spacial score (nSPS) is 10.5.